The van der Waals surface area contributed by atoms with Crippen LogP contribution in [0, 0.1) is 5.82 Å². The number of methoxy groups -OCH3 is 1. The lowest BCUT2D eigenvalue weighted by Crippen LogP contribution is -2.42. The van der Waals surface area contributed by atoms with E-state index >= 15 is 0 Å². The minimum absolute atomic E-state index is 0.0895. The molecule has 1 N–H and O–H groups in total. The second kappa shape index (κ2) is 6.37. The van der Waals surface area contributed by atoms with Crippen LogP contribution in [0.3, 0.4) is 0 Å². The van der Waals surface area contributed by atoms with Gasteiger partial charge in [-0.3, -0.25) is 4.79 Å². The molecule has 19 heavy (non-hydrogen) atoms. The van der Waals surface area contributed by atoms with E-state index in [1.807, 2.05) is 0 Å². The molecule has 1 aliphatic carbocycles. The van der Waals surface area contributed by atoms with Gasteiger partial charge in [-0.25, -0.2) is 4.39 Å². The molecule has 1 aliphatic rings. The molecule has 0 aliphatic heterocycles. The fraction of sp³-hybridized carbons (Fsp3) is 0.500. The number of carbonyl (C=O) groups excluding carboxylic acids is 1. The standard InChI is InChI=1S/C14H17BrFNO2/c1-19-13-8-9(6-7-11(13)16)14(18)17-12-5-3-2-4-10(12)15/h6-8,10,12H,2-5H2,1H3,(H,17,18). The van der Waals surface area contributed by atoms with Crippen LogP contribution in [0.4, 0.5) is 4.39 Å². The van der Waals surface area contributed by atoms with Crippen molar-refractivity contribution < 1.29 is 13.9 Å². The van der Waals surface area contributed by atoms with Crippen LogP contribution >= 0.6 is 15.9 Å². The van der Waals surface area contributed by atoms with Crippen molar-refractivity contribution >= 4 is 21.8 Å². The number of benzene rings is 1. The Labute approximate surface area is 120 Å². The molecule has 104 valence electrons. The lowest BCUT2D eigenvalue weighted by atomic mass is 9.95. The number of hydrogen-bond donors (Lipinski definition) is 1. The van der Waals surface area contributed by atoms with Crippen LogP contribution in [0.2, 0.25) is 0 Å². The summed E-state index contributed by atoms with van der Waals surface area (Å²) in [5, 5.41) is 2.99. The van der Waals surface area contributed by atoms with Crippen molar-refractivity contribution in [3.8, 4) is 5.75 Å². The smallest absolute Gasteiger partial charge is 0.251 e. The molecule has 2 rings (SSSR count). The molecule has 3 nitrogen and oxygen atoms in total. The summed E-state index contributed by atoms with van der Waals surface area (Å²) < 4.78 is 18.2. The average Bonchev–Trinajstić information content (AvgIpc) is 2.42. The van der Waals surface area contributed by atoms with E-state index in [0.717, 1.165) is 19.3 Å². The van der Waals surface area contributed by atoms with E-state index in [4.69, 9.17) is 4.74 Å². The molecule has 0 aromatic heterocycles. The maximum absolute atomic E-state index is 13.3. The normalized spacial score (nSPS) is 22.9. The van der Waals surface area contributed by atoms with E-state index < -0.39 is 5.82 Å². The number of nitrogens with one attached hydrogen (secondary N) is 1. The van der Waals surface area contributed by atoms with Crippen molar-refractivity contribution in [2.45, 2.75) is 36.6 Å². The van der Waals surface area contributed by atoms with Crippen LogP contribution < -0.4 is 10.1 Å². The Kier molecular flexibility index (Phi) is 4.80. The van der Waals surface area contributed by atoms with Gasteiger partial charge in [-0.05, 0) is 31.0 Å². The number of carbonyl (C=O) groups is 1. The van der Waals surface area contributed by atoms with E-state index in [0.29, 0.717) is 10.4 Å². The summed E-state index contributed by atoms with van der Waals surface area (Å²) >= 11 is 3.60. The Hall–Kier alpha value is -1.10. The van der Waals surface area contributed by atoms with Crippen LogP contribution in [0.1, 0.15) is 36.0 Å². The Morgan fingerprint density at radius 3 is 2.84 bits per heavy atom. The summed E-state index contributed by atoms with van der Waals surface area (Å²) in [6.07, 6.45) is 4.35. The first-order valence-electron chi connectivity index (χ1n) is 6.40. The highest BCUT2D eigenvalue weighted by Crippen LogP contribution is 2.25. The monoisotopic (exact) mass is 329 g/mol. The fourth-order valence-corrected chi connectivity index (χ4v) is 3.02. The van der Waals surface area contributed by atoms with Crippen LogP contribution in [0.15, 0.2) is 18.2 Å². The molecule has 0 saturated heterocycles. The van der Waals surface area contributed by atoms with Crippen molar-refractivity contribution in [3.05, 3.63) is 29.6 Å². The quantitative estimate of drug-likeness (QED) is 0.864. The predicted octanol–water partition coefficient (Wildman–Crippen LogP) is 3.27. The zero-order valence-corrected chi connectivity index (χ0v) is 12.4. The van der Waals surface area contributed by atoms with Gasteiger partial charge in [0, 0.05) is 16.4 Å². The van der Waals surface area contributed by atoms with Crippen LogP contribution in [0.25, 0.3) is 0 Å². The molecular weight excluding hydrogens is 313 g/mol. The topological polar surface area (TPSA) is 38.3 Å². The van der Waals surface area contributed by atoms with Crippen LogP contribution in [-0.2, 0) is 0 Å². The minimum atomic E-state index is -0.463. The Balaban J connectivity index is 2.07. The Morgan fingerprint density at radius 1 is 1.42 bits per heavy atom. The lowest BCUT2D eigenvalue weighted by molar-refractivity contribution is 0.0929. The first-order valence-corrected chi connectivity index (χ1v) is 7.32. The molecule has 2 atom stereocenters. The molecule has 1 fully saturated rings. The van der Waals surface area contributed by atoms with Gasteiger partial charge in [-0.15, -0.1) is 0 Å². The number of rotatable bonds is 3. The third-order valence-corrected chi connectivity index (χ3v) is 4.51. The number of hydrogen-bond acceptors (Lipinski definition) is 2. The van der Waals surface area contributed by atoms with Crippen LogP contribution in [-0.4, -0.2) is 23.9 Å². The third-order valence-electron chi connectivity index (χ3n) is 3.41. The van der Waals surface area contributed by atoms with Gasteiger partial charge in [0.05, 0.1) is 7.11 Å². The number of amides is 1. The molecule has 1 aromatic carbocycles. The number of ether oxygens (including phenoxy) is 1. The Morgan fingerprint density at radius 2 is 2.16 bits per heavy atom. The van der Waals surface area contributed by atoms with Crippen LogP contribution in [0.5, 0.6) is 5.75 Å². The minimum Gasteiger partial charge on any atom is -0.494 e. The zero-order valence-electron chi connectivity index (χ0n) is 10.8. The maximum Gasteiger partial charge on any atom is 0.251 e. The molecule has 0 spiro atoms. The average molecular weight is 330 g/mol. The van der Waals surface area contributed by atoms with Gasteiger partial charge < -0.3 is 10.1 Å². The summed E-state index contributed by atoms with van der Waals surface area (Å²) in [7, 11) is 1.38. The highest BCUT2D eigenvalue weighted by Gasteiger charge is 2.24. The predicted molar refractivity (Wildman–Crippen MR) is 75.4 cm³/mol. The summed E-state index contributed by atoms with van der Waals surface area (Å²) in [6, 6.07) is 4.29. The molecule has 1 aromatic rings. The van der Waals surface area contributed by atoms with Gasteiger partial charge >= 0.3 is 0 Å². The first-order chi connectivity index (χ1) is 9.11. The summed E-state index contributed by atoms with van der Waals surface area (Å²) in [6.45, 7) is 0. The van der Waals surface area contributed by atoms with Gasteiger partial charge in [0.2, 0.25) is 0 Å². The second-order valence-corrected chi connectivity index (χ2v) is 5.91. The molecule has 1 amide bonds. The second-order valence-electron chi connectivity index (χ2n) is 4.73. The van der Waals surface area contributed by atoms with Crippen molar-refractivity contribution in [1.82, 2.24) is 5.32 Å². The van der Waals surface area contributed by atoms with Gasteiger partial charge in [0.1, 0.15) is 0 Å². The fourth-order valence-electron chi connectivity index (χ4n) is 2.30. The van der Waals surface area contributed by atoms with Gasteiger partial charge in [0.25, 0.3) is 5.91 Å². The Bertz CT molecular complexity index is 467. The largest absolute Gasteiger partial charge is 0.494 e. The SMILES string of the molecule is COc1cc(C(=O)NC2CCCCC2Br)ccc1F. The van der Waals surface area contributed by atoms with E-state index in [1.54, 1.807) is 0 Å². The lowest BCUT2D eigenvalue weighted by Gasteiger charge is -2.28. The highest BCUT2D eigenvalue weighted by molar-refractivity contribution is 9.09. The summed E-state index contributed by atoms with van der Waals surface area (Å²) in [5.74, 6) is -0.559. The van der Waals surface area contributed by atoms with Gasteiger partial charge in [-0.1, -0.05) is 28.8 Å². The molecule has 0 bridgehead atoms. The molecular formula is C14H17BrFNO2. The number of halogens is 2. The zero-order chi connectivity index (χ0) is 13.8. The maximum atomic E-state index is 13.3. The molecule has 5 heteroatoms. The summed E-state index contributed by atoms with van der Waals surface area (Å²) in [4.78, 5) is 12.4. The van der Waals surface area contributed by atoms with E-state index in [1.165, 1.54) is 31.7 Å². The third kappa shape index (κ3) is 3.47. The highest BCUT2D eigenvalue weighted by atomic mass is 79.9. The van der Waals surface area contributed by atoms with Gasteiger partial charge in [0.15, 0.2) is 11.6 Å². The molecule has 2 unspecified atom stereocenters. The van der Waals surface area contributed by atoms with E-state index in [9.17, 15) is 9.18 Å². The molecule has 1 saturated carbocycles. The molecule has 0 heterocycles. The van der Waals surface area contributed by atoms with Gasteiger partial charge in [-0.2, -0.15) is 0 Å². The van der Waals surface area contributed by atoms with E-state index in [-0.39, 0.29) is 17.7 Å². The van der Waals surface area contributed by atoms with Crippen molar-refractivity contribution in [1.29, 1.82) is 0 Å². The summed E-state index contributed by atoms with van der Waals surface area (Å²) in [5.41, 5.74) is 0.420. The van der Waals surface area contributed by atoms with Crippen molar-refractivity contribution in [3.63, 3.8) is 0 Å². The first kappa shape index (κ1) is 14.3. The van der Waals surface area contributed by atoms with Crippen molar-refractivity contribution in [2.75, 3.05) is 7.11 Å². The van der Waals surface area contributed by atoms with Crippen molar-refractivity contribution in [2.24, 2.45) is 0 Å². The molecule has 0 radical (unpaired) electrons. The number of alkyl halides is 1. The van der Waals surface area contributed by atoms with E-state index in [2.05, 4.69) is 21.2 Å².